The minimum absolute atomic E-state index is 0.175. The molecule has 2 rings (SSSR count). The highest BCUT2D eigenvalue weighted by molar-refractivity contribution is 5.97. The second kappa shape index (κ2) is 5.57. The topological polar surface area (TPSA) is 71.2 Å². The molecule has 5 nitrogen and oxygen atoms in total. The zero-order valence-electron chi connectivity index (χ0n) is 11.6. The molecule has 2 heterocycles. The Morgan fingerprint density at radius 1 is 1.47 bits per heavy atom. The quantitative estimate of drug-likeness (QED) is 0.867. The molecule has 19 heavy (non-hydrogen) atoms. The lowest BCUT2D eigenvalue weighted by Crippen LogP contribution is -2.47. The maximum atomic E-state index is 11.9. The predicted molar refractivity (Wildman–Crippen MR) is 77.2 cm³/mol. The molecule has 0 bridgehead atoms. The Balaban J connectivity index is 2.00. The fourth-order valence-corrected chi connectivity index (χ4v) is 2.03. The van der Waals surface area contributed by atoms with Crippen LogP contribution >= 0.6 is 0 Å². The molecule has 1 aliphatic rings. The predicted octanol–water partition coefficient (Wildman–Crippen LogP) is 1.75. The van der Waals surface area contributed by atoms with Crippen LogP contribution in [-0.4, -0.2) is 29.5 Å². The lowest BCUT2D eigenvalue weighted by molar-refractivity contribution is -0.120. The third-order valence-electron chi connectivity index (χ3n) is 3.69. The van der Waals surface area contributed by atoms with Crippen LogP contribution in [0.2, 0.25) is 0 Å². The van der Waals surface area contributed by atoms with Crippen LogP contribution in [0.3, 0.4) is 0 Å². The number of pyridine rings is 1. The summed E-state index contributed by atoms with van der Waals surface area (Å²) in [5, 5.41) is 2.81. The average Bonchev–Trinajstić information content (AvgIpc) is 2.93. The largest absolute Gasteiger partial charge is 0.357 e. The monoisotopic (exact) mass is 262 g/mol. The Morgan fingerprint density at radius 3 is 2.68 bits per heavy atom. The maximum absolute atomic E-state index is 11.9. The van der Waals surface area contributed by atoms with Crippen LogP contribution in [0.1, 0.15) is 33.1 Å². The molecule has 5 heteroatoms. The first-order valence-electron chi connectivity index (χ1n) is 6.84. The molecular formula is C14H22N4O. The van der Waals surface area contributed by atoms with E-state index in [0.717, 1.165) is 18.9 Å². The molecule has 0 radical (unpaired) electrons. The van der Waals surface area contributed by atoms with E-state index in [1.54, 1.807) is 13.1 Å². The highest BCUT2D eigenvalue weighted by Crippen LogP contribution is 2.19. The van der Waals surface area contributed by atoms with Crippen LogP contribution in [0.15, 0.2) is 18.3 Å². The van der Waals surface area contributed by atoms with Gasteiger partial charge in [-0.05, 0) is 38.3 Å². The van der Waals surface area contributed by atoms with Crippen molar-refractivity contribution in [3.63, 3.8) is 0 Å². The van der Waals surface area contributed by atoms with Gasteiger partial charge in [-0.2, -0.15) is 0 Å². The molecule has 1 saturated heterocycles. The van der Waals surface area contributed by atoms with Crippen molar-refractivity contribution in [2.24, 2.45) is 5.73 Å². The maximum Gasteiger partial charge on any atom is 0.244 e. The van der Waals surface area contributed by atoms with Crippen molar-refractivity contribution >= 4 is 17.4 Å². The molecule has 0 aromatic carbocycles. The average molecular weight is 262 g/mol. The normalized spacial score (nSPS) is 18.2. The van der Waals surface area contributed by atoms with E-state index >= 15 is 0 Å². The summed E-state index contributed by atoms with van der Waals surface area (Å²) in [6, 6.07) is 3.82. The molecule has 1 aliphatic heterocycles. The minimum Gasteiger partial charge on any atom is -0.357 e. The van der Waals surface area contributed by atoms with E-state index in [9.17, 15) is 4.79 Å². The van der Waals surface area contributed by atoms with Crippen LogP contribution in [0.4, 0.5) is 11.5 Å². The van der Waals surface area contributed by atoms with Crippen LogP contribution in [-0.2, 0) is 4.79 Å². The van der Waals surface area contributed by atoms with Gasteiger partial charge in [-0.15, -0.1) is 0 Å². The van der Waals surface area contributed by atoms with Crippen molar-refractivity contribution in [2.45, 2.75) is 38.6 Å². The summed E-state index contributed by atoms with van der Waals surface area (Å²) in [5.41, 5.74) is 5.75. The number of nitrogens with one attached hydrogen (secondary N) is 1. The Hall–Kier alpha value is -1.62. The molecule has 1 fully saturated rings. The van der Waals surface area contributed by atoms with Gasteiger partial charge in [0, 0.05) is 13.1 Å². The second-order valence-electron chi connectivity index (χ2n) is 5.32. The molecule has 1 amide bonds. The Kier molecular flexibility index (Phi) is 4.04. The fraction of sp³-hybridized carbons (Fsp3) is 0.571. The van der Waals surface area contributed by atoms with Crippen molar-refractivity contribution < 1.29 is 4.79 Å². The number of nitrogens with two attached hydrogens (primary N) is 1. The van der Waals surface area contributed by atoms with E-state index in [1.165, 1.54) is 12.8 Å². The molecule has 0 aliphatic carbocycles. The van der Waals surface area contributed by atoms with Gasteiger partial charge in [-0.25, -0.2) is 4.98 Å². The number of amides is 1. The van der Waals surface area contributed by atoms with E-state index in [-0.39, 0.29) is 5.91 Å². The van der Waals surface area contributed by atoms with Gasteiger partial charge in [0.15, 0.2) is 0 Å². The highest BCUT2D eigenvalue weighted by Gasteiger charge is 2.26. The summed E-state index contributed by atoms with van der Waals surface area (Å²) in [6.45, 7) is 5.76. The molecule has 1 unspecified atom stereocenters. The summed E-state index contributed by atoms with van der Waals surface area (Å²) in [5.74, 6) is 0.798. The summed E-state index contributed by atoms with van der Waals surface area (Å²) in [6.07, 6.45) is 4.74. The number of carbonyl (C=O) groups excluding carboxylic acids is 1. The summed E-state index contributed by atoms with van der Waals surface area (Å²) in [4.78, 5) is 18.6. The zero-order valence-corrected chi connectivity index (χ0v) is 11.6. The number of anilines is 2. The van der Waals surface area contributed by atoms with Gasteiger partial charge in [0.25, 0.3) is 0 Å². The first kappa shape index (κ1) is 13.8. The molecular weight excluding hydrogens is 240 g/mol. The fourth-order valence-electron chi connectivity index (χ4n) is 2.03. The van der Waals surface area contributed by atoms with Crippen molar-refractivity contribution in [2.75, 3.05) is 23.3 Å². The SMILES string of the molecule is CCC(C)(N)C(=O)Nc1ccc(N2CCCC2)nc1. The van der Waals surface area contributed by atoms with Crippen molar-refractivity contribution in [3.05, 3.63) is 18.3 Å². The number of aromatic nitrogens is 1. The lowest BCUT2D eigenvalue weighted by atomic mass is 9.99. The van der Waals surface area contributed by atoms with Crippen LogP contribution < -0.4 is 16.0 Å². The third-order valence-corrected chi connectivity index (χ3v) is 3.69. The molecule has 0 spiro atoms. The van der Waals surface area contributed by atoms with Gasteiger partial charge < -0.3 is 16.0 Å². The standard InChI is InChI=1S/C14H22N4O/c1-3-14(2,15)13(19)17-11-6-7-12(16-10-11)18-8-4-5-9-18/h6-7,10H,3-5,8-9,15H2,1-2H3,(H,17,19). The van der Waals surface area contributed by atoms with Gasteiger partial charge in [0.05, 0.1) is 17.4 Å². The van der Waals surface area contributed by atoms with E-state index in [4.69, 9.17) is 5.73 Å². The Morgan fingerprint density at radius 2 is 2.16 bits per heavy atom. The van der Waals surface area contributed by atoms with Gasteiger partial charge in [0.2, 0.25) is 5.91 Å². The van der Waals surface area contributed by atoms with Gasteiger partial charge in [0.1, 0.15) is 5.82 Å². The molecule has 1 atom stereocenters. The second-order valence-corrected chi connectivity index (χ2v) is 5.32. The minimum atomic E-state index is -0.840. The Labute approximate surface area is 114 Å². The molecule has 1 aromatic heterocycles. The van der Waals surface area contributed by atoms with Crippen LogP contribution in [0.5, 0.6) is 0 Å². The van der Waals surface area contributed by atoms with Crippen molar-refractivity contribution in [3.8, 4) is 0 Å². The van der Waals surface area contributed by atoms with Crippen LogP contribution in [0.25, 0.3) is 0 Å². The number of nitrogens with zero attached hydrogens (tertiary/aromatic N) is 2. The number of carbonyl (C=O) groups is 1. The number of rotatable bonds is 4. The zero-order chi connectivity index (χ0) is 13.9. The van der Waals surface area contributed by atoms with E-state index in [2.05, 4.69) is 15.2 Å². The van der Waals surface area contributed by atoms with Gasteiger partial charge >= 0.3 is 0 Å². The van der Waals surface area contributed by atoms with Gasteiger partial charge in [-0.3, -0.25) is 4.79 Å². The van der Waals surface area contributed by atoms with E-state index in [1.807, 2.05) is 19.1 Å². The summed E-state index contributed by atoms with van der Waals surface area (Å²) >= 11 is 0. The van der Waals surface area contributed by atoms with E-state index in [0.29, 0.717) is 12.1 Å². The highest BCUT2D eigenvalue weighted by atomic mass is 16.2. The molecule has 1 aromatic rings. The third kappa shape index (κ3) is 3.23. The van der Waals surface area contributed by atoms with Gasteiger partial charge in [-0.1, -0.05) is 6.92 Å². The number of hydrogen-bond acceptors (Lipinski definition) is 4. The van der Waals surface area contributed by atoms with E-state index < -0.39 is 5.54 Å². The summed E-state index contributed by atoms with van der Waals surface area (Å²) in [7, 11) is 0. The first-order chi connectivity index (χ1) is 9.03. The lowest BCUT2D eigenvalue weighted by Gasteiger charge is -2.22. The molecule has 3 N–H and O–H groups in total. The van der Waals surface area contributed by atoms with Crippen LogP contribution in [0, 0.1) is 0 Å². The first-order valence-corrected chi connectivity index (χ1v) is 6.84. The Bertz CT molecular complexity index is 435. The summed E-state index contributed by atoms with van der Waals surface area (Å²) < 4.78 is 0. The molecule has 104 valence electrons. The molecule has 0 saturated carbocycles. The van der Waals surface area contributed by atoms with Crippen molar-refractivity contribution in [1.82, 2.24) is 4.98 Å². The smallest absolute Gasteiger partial charge is 0.244 e. The van der Waals surface area contributed by atoms with Crippen molar-refractivity contribution in [1.29, 1.82) is 0 Å². The number of hydrogen-bond donors (Lipinski definition) is 2.